The topological polar surface area (TPSA) is 35.5 Å². The summed E-state index contributed by atoms with van der Waals surface area (Å²) < 4.78 is 11.4. The summed E-state index contributed by atoms with van der Waals surface area (Å²) in [5, 5.41) is 0. The van der Waals surface area contributed by atoms with Crippen LogP contribution in [-0.2, 0) is 14.3 Å². The van der Waals surface area contributed by atoms with Crippen LogP contribution in [-0.4, -0.2) is 23.8 Å². The Bertz CT molecular complexity index is 291. The van der Waals surface area contributed by atoms with Crippen molar-refractivity contribution in [3.8, 4) is 0 Å². The molecule has 14 heavy (non-hydrogen) atoms. The molecular weight excluding hydrogens is 180 g/mol. The highest BCUT2D eigenvalue weighted by molar-refractivity contribution is 5.92. The van der Waals surface area contributed by atoms with Gasteiger partial charge in [-0.3, -0.25) is 4.79 Å². The maximum absolute atomic E-state index is 11.4. The van der Waals surface area contributed by atoms with Gasteiger partial charge in [0.25, 0.3) is 0 Å². The van der Waals surface area contributed by atoms with Crippen LogP contribution in [0.2, 0.25) is 0 Å². The molecule has 1 fully saturated rings. The number of ketones is 1. The third-order valence-corrected chi connectivity index (χ3v) is 2.71. The van der Waals surface area contributed by atoms with Crippen LogP contribution < -0.4 is 0 Å². The molecule has 1 saturated heterocycles. The fourth-order valence-electron chi connectivity index (χ4n) is 2.15. The molecule has 0 bridgehead atoms. The summed E-state index contributed by atoms with van der Waals surface area (Å²) in [5.74, 6) is -0.391. The maximum Gasteiger partial charge on any atom is 0.164 e. The molecule has 0 N–H and O–H groups in total. The predicted octanol–water partition coefficient (Wildman–Crippen LogP) is 1.82. The summed E-state index contributed by atoms with van der Waals surface area (Å²) in [5.41, 5.74) is 1.07. The molecule has 0 aromatic carbocycles. The highest BCUT2D eigenvalue weighted by Gasteiger charge is 2.45. The van der Waals surface area contributed by atoms with Gasteiger partial charge in [0.15, 0.2) is 11.6 Å². The summed E-state index contributed by atoms with van der Waals surface area (Å²) >= 11 is 0. The summed E-state index contributed by atoms with van der Waals surface area (Å²) in [6.45, 7) is 5.82. The van der Waals surface area contributed by atoms with Gasteiger partial charge in [-0.05, 0) is 31.9 Å². The molecule has 2 atom stereocenters. The minimum Gasteiger partial charge on any atom is -0.344 e. The Morgan fingerprint density at radius 1 is 1.50 bits per heavy atom. The lowest BCUT2D eigenvalue weighted by atomic mass is 9.91. The van der Waals surface area contributed by atoms with Gasteiger partial charge in [-0.1, -0.05) is 6.92 Å². The fourth-order valence-corrected chi connectivity index (χ4v) is 2.15. The number of carbonyl (C=O) groups is 1. The number of rotatable bonds is 1. The van der Waals surface area contributed by atoms with E-state index >= 15 is 0 Å². The highest BCUT2D eigenvalue weighted by Crippen LogP contribution is 2.37. The van der Waals surface area contributed by atoms with E-state index in [0.29, 0.717) is 6.42 Å². The Hall–Kier alpha value is -0.670. The zero-order valence-electron chi connectivity index (χ0n) is 8.87. The normalized spacial score (nSPS) is 35.4. The number of fused-ring (bicyclic) bond motifs is 1. The van der Waals surface area contributed by atoms with Crippen molar-refractivity contribution in [2.45, 2.75) is 51.6 Å². The quantitative estimate of drug-likeness (QED) is 0.641. The molecule has 0 spiro atoms. The van der Waals surface area contributed by atoms with Crippen LogP contribution in [0.1, 0.15) is 33.6 Å². The smallest absolute Gasteiger partial charge is 0.164 e. The largest absolute Gasteiger partial charge is 0.344 e. The molecule has 0 aromatic heterocycles. The first-order chi connectivity index (χ1) is 6.52. The number of ether oxygens (including phenoxy) is 2. The van der Waals surface area contributed by atoms with Gasteiger partial charge in [0.2, 0.25) is 0 Å². The number of allylic oxidation sites excluding steroid dienone is 1. The third kappa shape index (κ3) is 1.62. The molecule has 78 valence electrons. The van der Waals surface area contributed by atoms with Crippen molar-refractivity contribution in [3.63, 3.8) is 0 Å². The number of hydrogen-bond donors (Lipinski definition) is 0. The van der Waals surface area contributed by atoms with Crippen LogP contribution in [0.3, 0.4) is 0 Å². The lowest BCUT2D eigenvalue weighted by molar-refractivity contribution is -0.144. The van der Waals surface area contributed by atoms with Gasteiger partial charge in [0, 0.05) is 6.42 Å². The van der Waals surface area contributed by atoms with E-state index < -0.39 is 5.79 Å². The first-order valence-electron chi connectivity index (χ1n) is 5.11. The minimum atomic E-state index is -0.547. The Balaban J connectivity index is 2.25. The summed E-state index contributed by atoms with van der Waals surface area (Å²) in [7, 11) is 0. The Kier molecular flexibility index (Phi) is 2.24. The van der Waals surface area contributed by atoms with Crippen LogP contribution in [0, 0.1) is 0 Å². The first kappa shape index (κ1) is 9.87. The van der Waals surface area contributed by atoms with Crippen molar-refractivity contribution in [2.75, 3.05) is 0 Å². The minimum absolute atomic E-state index is 0.00676. The van der Waals surface area contributed by atoms with Crippen molar-refractivity contribution < 1.29 is 14.3 Å². The van der Waals surface area contributed by atoms with E-state index in [-0.39, 0.29) is 18.0 Å². The lowest BCUT2D eigenvalue weighted by Crippen LogP contribution is -2.31. The van der Waals surface area contributed by atoms with Crippen LogP contribution in [0.25, 0.3) is 0 Å². The molecular formula is C11H16O3. The molecule has 3 heteroatoms. The van der Waals surface area contributed by atoms with Crippen molar-refractivity contribution in [3.05, 3.63) is 11.6 Å². The molecule has 1 heterocycles. The maximum atomic E-state index is 11.4. The van der Waals surface area contributed by atoms with E-state index in [4.69, 9.17) is 9.47 Å². The highest BCUT2D eigenvalue weighted by atomic mass is 16.8. The molecule has 2 aliphatic rings. The SMILES string of the molecule is CCC1=CC(=O)C[C@H]2OC(C)(C)O[C@@H]12. The average Bonchev–Trinajstić information content (AvgIpc) is 2.37. The van der Waals surface area contributed by atoms with Crippen molar-refractivity contribution in [2.24, 2.45) is 0 Å². The Labute approximate surface area is 84.1 Å². The van der Waals surface area contributed by atoms with E-state index in [1.807, 2.05) is 20.8 Å². The molecule has 0 unspecified atom stereocenters. The van der Waals surface area contributed by atoms with Gasteiger partial charge in [-0.15, -0.1) is 0 Å². The summed E-state index contributed by atoms with van der Waals surface area (Å²) in [4.78, 5) is 11.4. The standard InChI is InChI=1S/C11H16O3/c1-4-7-5-8(12)6-9-10(7)14-11(2,3)13-9/h5,9-10H,4,6H2,1-3H3/t9-,10+/m1/s1. The van der Waals surface area contributed by atoms with E-state index in [1.165, 1.54) is 0 Å². The molecule has 1 aliphatic heterocycles. The van der Waals surface area contributed by atoms with Crippen LogP contribution in [0.15, 0.2) is 11.6 Å². The second-order valence-corrected chi connectivity index (χ2v) is 4.34. The van der Waals surface area contributed by atoms with Gasteiger partial charge in [0.05, 0.1) is 6.10 Å². The first-order valence-corrected chi connectivity index (χ1v) is 5.11. The molecule has 2 rings (SSSR count). The molecule has 3 nitrogen and oxygen atoms in total. The molecule has 0 saturated carbocycles. The van der Waals surface area contributed by atoms with E-state index in [9.17, 15) is 4.79 Å². The van der Waals surface area contributed by atoms with Gasteiger partial charge in [-0.2, -0.15) is 0 Å². The molecule has 1 aliphatic carbocycles. The lowest BCUT2D eigenvalue weighted by Gasteiger charge is -2.22. The van der Waals surface area contributed by atoms with Crippen LogP contribution >= 0.6 is 0 Å². The van der Waals surface area contributed by atoms with Crippen molar-refractivity contribution in [1.29, 1.82) is 0 Å². The van der Waals surface area contributed by atoms with E-state index in [0.717, 1.165) is 12.0 Å². The second-order valence-electron chi connectivity index (χ2n) is 4.34. The van der Waals surface area contributed by atoms with E-state index in [2.05, 4.69) is 0 Å². The molecule has 0 amide bonds. The monoisotopic (exact) mass is 196 g/mol. The van der Waals surface area contributed by atoms with E-state index in [1.54, 1.807) is 6.08 Å². The van der Waals surface area contributed by atoms with Crippen LogP contribution in [0.5, 0.6) is 0 Å². The summed E-state index contributed by atoms with van der Waals surface area (Å²) in [6.07, 6.45) is 2.95. The van der Waals surface area contributed by atoms with Crippen molar-refractivity contribution >= 4 is 5.78 Å². The van der Waals surface area contributed by atoms with Crippen LogP contribution in [0.4, 0.5) is 0 Å². The average molecular weight is 196 g/mol. The molecule has 0 aromatic rings. The number of carbonyl (C=O) groups excluding carboxylic acids is 1. The van der Waals surface area contributed by atoms with Gasteiger partial charge in [0.1, 0.15) is 6.10 Å². The molecule has 0 radical (unpaired) electrons. The second kappa shape index (κ2) is 3.17. The third-order valence-electron chi connectivity index (χ3n) is 2.71. The summed E-state index contributed by atoms with van der Waals surface area (Å²) in [6, 6.07) is 0. The fraction of sp³-hybridized carbons (Fsp3) is 0.727. The van der Waals surface area contributed by atoms with Gasteiger partial charge in [-0.25, -0.2) is 0 Å². The zero-order valence-corrected chi connectivity index (χ0v) is 8.87. The van der Waals surface area contributed by atoms with Gasteiger partial charge >= 0.3 is 0 Å². The predicted molar refractivity (Wildman–Crippen MR) is 51.8 cm³/mol. The van der Waals surface area contributed by atoms with Gasteiger partial charge < -0.3 is 9.47 Å². The number of hydrogen-bond acceptors (Lipinski definition) is 3. The Morgan fingerprint density at radius 3 is 2.86 bits per heavy atom. The zero-order chi connectivity index (χ0) is 10.3. The van der Waals surface area contributed by atoms with Crippen molar-refractivity contribution in [1.82, 2.24) is 0 Å². The Morgan fingerprint density at radius 2 is 2.21 bits per heavy atom.